The fourth-order valence-corrected chi connectivity index (χ4v) is 2.45. The van der Waals surface area contributed by atoms with Gasteiger partial charge in [0.05, 0.1) is 0 Å². The molecule has 0 aliphatic rings. The smallest absolute Gasteiger partial charge is 0.126 e. The summed E-state index contributed by atoms with van der Waals surface area (Å²) < 4.78 is 0. The molecule has 1 aromatic rings. The molecular formula is C14H23N3S. The zero-order chi connectivity index (χ0) is 14.0. The van der Waals surface area contributed by atoms with Crippen LogP contribution < -0.4 is 11.1 Å². The quantitative estimate of drug-likeness (QED) is 0.820. The van der Waals surface area contributed by atoms with E-state index in [0.29, 0.717) is 4.99 Å². The summed E-state index contributed by atoms with van der Waals surface area (Å²) in [7, 11) is 0. The molecule has 0 fully saturated rings. The zero-order valence-corrected chi connectivity index (χ0v) is 12.7. The van der Waals surface area contributed by atoms with Crippen LogP contribution in [0, 0.1) is 5.41 Å². The molecule has 0 saturated heterocycles. The first-order valence-electron chi connectivity index (χ1n) is 6.13. The average molecular weight is 265 g/mol. The predicted octanol–water partition coefficient (Wildman–Crippen LogP) is 3.34. The van der Waals surface area contributed by atoms with Crippen molar-refractivity contribution in [2.75, 3.05) is 5.32 Å². The minimum atomic E-state index is -0.00398. The van der Waals surface area contributed by atoms with Gasteiger partial charge in [0.2, 0.25) is 0 Å². The third kappa shape index (κ3) is 5.00. The molecule has 18 heavy (non-hydrogen) atoms. The van der Waals surface area contributed by atoms with Crippen molar-refractivity contribution < 1.29 is 0 Å². The number of thiocarbonyl (C=S) groups is 1. The van der Waals surface area contributed by atoms with Crippen LogP contribution in [-0.4, -0.2) is 15.5 Å². The van der Waals surface area contributed by atoms with E-state index in [1.54, 1.807) is 6.20 Å². The van der Waals surface area contributed by atoms with Crippen LogP contribution in [0.25, 0.3) is 0 Å². The topological polar surface area (TPSA) is 50.9 Å². The van der Waals surface area contributed by atoms with Gasteiger partial charge < -0.3 is 11.1 Å². The number of nitrogens with zero attached hydrogens (tertiary/aromatic N) is 1. The van der Waals surface area contributed by atoms with Crippen molar-refractivity contribution >= 4 is 23.0 Å². The van der Waals surface area contributed by atoms with Gasteiger partial charge in [-0.3, -0.25) is 0 Å². The molecule has 0 saturated carbocycles. The summed E-state index contributed by atoms with van der Waals surface area (Å²) in [6, 6.07) is 3.81. The van der Waals surface area contributed by atoms with Crippen LogP contribution >= 0.6 is 12.2 Å². The van der Waals surface area contributed by atoms with E-state index < -0.39 is 0 Å². The number of anilines is 1. The molecule has 0 unspecified atom stereocenters. The van der Waals surface area contributed by atoms with Crippen LogP contribution in [0.2, 0.25) is 0 Å². The summed E-state index contributed by atoms with van der Waals surface area (Å²) in [4.78, 5) is 4.71. The van der Waals surface area contributed by atoms with Crippen molar-refractivity contribution in [1.82, 2.24) is 4.98 Å². The summed E-state index contributed by atoms with van der Waals surface area (Å²) in [5, 5.41) is 3.45. The lowest BCUT2D eigenvalue weighted by molar-refractivity contribution is 0.302. The molecule has 0 aromatic carbocycles. The SMILES string of the molecule is CC(C)(C)CC(C)(C)Nc1ccc(C(N)=S)cn1. The minimum Gasteiger partial charge on any atom is -0.389 e. The van der Waals surface area contributed by atoms with Gasteiger partial charge >= 0.3 is 0 Å². The van der Waals surface area contributed by atoms with Crippen LogP contribution in [0.4, 0.5) is 5.82 Å². The Bertz CT molecular complexity index is 416. The number of nitrogens with one attached hydrogen (secondary N) is 1. The van der Waals surface area contributed by atoms with Crippen molar-refractivity contribution in [2.24, 2.45) is 11.1 Å². The molecule has 0 bridgehead atoms. The molecule has 0 aliphatic heterocycles. The third-order valence-corrected chi connectivity index (χ3v) is 2.72. The van der Waals surface area contributed by atoms with Gasteiger partial charge in [0.1, 0.15) is 10.8 Å². The number of pyridine rings is 1. The van der Waals surface area contributed by atoms with Crippen molar-refractivity contribution in [3.8, 4) is 0 Å². The van der Waals surface area contributed by atoms with E-state index in [-0.39, 0.29) is 11.0 Å². The monoisotopic (exact) mass is 265 g/mol. The van der Waals surface area contributed by atoms with Gasteiger partial charge in [-0.05, 0) is 37.8 Å². The number of nitrogens with two attached hydrogens (primary N) is 1. The van der Waals surface area contributed by atoms with Crippen molar-refractivity contribution in [1.29, 1.82) is 0 Å². The second-order valence-corrected chi connectivity index (χ2v) is 6.98. The minimum absolute atomic E-state index is 0.00398. The van der Waals surface area contributed by atoms with Crippen LogP contribution in [0.3, 0.4) is 0 Å². The van der Waals surface area contributed by atoms with Gasteiger partial charge in [0.25, 0.3) is 0 Å². The highest BCUT2D eigenvalue weighted by Crippen LogP contribution is 2.29. The lowest BCUT2D eigenvalue weighted by atomic mass is 9.82. The Morgan fingerprint density at radius 3 is 2.28 bits per heavy atom. The molecule has 0 spiro atoms. The molecule has 0 atom stereocenters. The van der Waals surface area contributed by atoms with Gasteiger partial charge in [-0.25, -0.2) is 4.98 Å². The highest BCUT2D eigenvalue weighted by Gasteiger charge is 2.25. The van der Waals surface area contributed by atoms with Crippen molar-refractivity contribution in [2.45, 2.75) is 46.6 Å². The number of aromatic nitrogens is 1. The number of hydrogen-bond donors (Lipinski definition) is 2. The Balaban J connectivity index is 2.75. The highest BCUT2D eigenvalue weighted by molar-refractivity contribution is 7.80. The summed E-state index contributed by atoms with van der Waals surface area (Å²) in [6.07, 6.45) is 2.76. The Kier molecular flexibility index (Phi) is 4.32. The Morgan fingerprint density at radius 1 is 1.28 bits per heavy atom. The van der Waals surface area contributed by atoms with Crippen LogP contribution in [0.5, 0.6) is 0 Å². The Labute approximate surface area is 115 Å². The number of rotatable bonds is 4. The van der Waals surface area contributed by atoms with Crippen LogP contribution in [0.1, 0.15) is 46.6 Å². The first-order chi connectivity index (χ1) is 8.09. The lowest BCUT2D eigenvalue weighted by Crippen LogP contribution is -2.35. The van der Waals surface area contributed by atoms with E-state index in [1.807, 2.05) is 12.1 Å². The first kappa shape index (κ1) is 14.9. The molecular weight excluding hydrogens is 242 g/mol. The van der Waals surface area contributed by atoms with Gasteiger partial charge in [-0.15, -0.1) is 0 Å². The van der Waals surface area contributed by atoms with E-state index in [4.69, 9.17) is 18.0 Å². The van der Waals surface area contributed by atoms with Gasteiger partial charge in [0, 0.05) is 17.3 Å². The molecule has 0 aliphatic carbocycles. The molecule has 100 valence electrons. The highest BCUT2D eigenvalue weighted by atomic mass is 32.1. The van der Waals surface area contributed by atoms with Crippen molar-refractivity contribution in [3.05, 3.63) is 23.9 Å². The largest absolute Gasteiger partial charge is 0.389 e. The van der Waals surface area contributed by atoms with Gasteiger partial charge in [-0.1, -0.05) is 33.0 Å². The van der Waals surface area contributed by atoms with E-state index >= 15 is 0 Å². The fraction of sp³-hybridized carbons (Fsp3) is 0.571. The Hall–Kier alpha value is -1.16. The fourth-order valence-electron chi connectivity index (χ4n) is 2.33. The predicted molar refractivity (Wildman–Crippen MR) is 81.9 cm³/mol. The third-order valence-electron chi connectivity index (χ3n) is 2.49. The summed E-state index contributed by atoms with van der Waals surface area (Å²) in [5.74, 6) is 0.851. The van der Waals surface area contributed by atoms with Crippen LogP contribution in [0.15, 0.2) is 18.3 Å². The summed E-state index contributed by atoms with van der Waals surface area (Å²) in [6.45, 7) is 11.1. The average Bonchev–Trinajstić information content (AvgIpc) is 2.13. The molecule has 3 nitrogen and oxygen atoms in total. The van der Waals surface area contributed by atoms with E-state index in [0.717, 1.165) is 17.8 Å². The molecule has 1 heterocycles. The maximum Gasteiger partial charge on any atom is 0.126 e. The molecule has 1 aromatic heterocycles. The molecule has 0 amide bonds. The van der Waals surface area contributed by atoms with Gasteiger partial charge in [0.15, 0.2) is 0 Å². The maximum absolute atomic E-state index is 5.55. The molecule has 3 N–H and O–H groups in total. The molecule has 1 rings (SSSR count). The maximum atomic E-state index is 5.55. The standard InChI is InChI=1S/C14H23N3S/c1-13(2,3)9-14(4,5)17-11-7-6-10(8-16-11)12(15)18/h6-8H,9H2,1-5H3,(H2,15,18)(H,16,17). The lowest BCUT2D eigenvalue weighted by Gasteiger charge is -2.33. The van der Waals surface area contributed by atoms with E-state index in [1.165, 1.54) is 0 Å². The van der Waals surface area contributed by atoms with E-state index in [9.17, 15) is 0 Å². The first-order valence-corrected chi connectivity index (χ1v) is 6.54. The summed E-state index contributed by atoms with van der Waals surface area (Å²) in [5.41, 5.74) is 6.61. The second-order valence-electron chi connectivity index (χ2n) is 6.54. The van der Waals surface area contributed by atoms with Crippen molar-refractivity contribution in [3.63, 3.8) is 0 Å². The van der Waals surface area contributed by atoms with E-state index in [2.05, 4.69) is 44.9 Å². The Morgan fingerprint density at radius 2 is 1.89 bits per heavy atom. The molecule has 0 radical (unpaired) electrons. The molecule has 4 heteroatoms. The summed E-state index contributed by atoms with van der Waals surface area (Å²) >= 11 is 4.90. The normalized spacial score (nSPS) is 12.3. The second kappa shape index (κ2) is 5.22. The van der Waals surface area contributed by atoms with Crippen LogP contribution in [-0.2, 0) is 0 Å². The van der Waals surface area contributed by atoms with Gasteiger partial charge in [-0.2, -0.15) is 0 Å². The number of hydrogen-bond acceptors (Lipinski definition) is 3. The zero-order valence-electron chi connectivity index (χ0n) is 11.9.